The fourth-order valence-corrected chi connectivity index (χ4v) is 3.42. The van der Waals surface area contributed by atoms with Crippen LogP contribution in [-0.4, -0.2) is 11.3 Å². The minimum Gasteiger partial charge on any atom is -0.344 e. The molecule has 5 heteroatoms. The molecule has 2 aromatic rings. The highest BCUT2D eigenvalue weighted by molar-refractivity contribution is 9.10. The molecule has 0 aromatic heterocycles. The topological polar surface area (TPSA) is 29.1 Å². The largest absolute Gasteiger partial charge is 0.344 e. The summed E-state index contributed by atoms with van der Waals surface area (Å²) < 4.78 is 13.7. The molecule has 0 heterocycles. The number of benzene rings is 2. The minimum absolute atomic E-state index is 0.167. The fraction of sp³-hybridized carbons (Fsp3) is 0.188. The van der Waals surface area contributed by atoms with Crippen molar-refractivity contribution < 1.29 is 9.18 Å². The molecule has 21 heavy (non-hydrogen) atoms. The molecule has 0 spiro atoms. The third-order valence-corrected chi connectivity index (χ3v) is 4.86. The lowest BCUT2D eigenvalue weighted by Crippen LogP contribution is -2.32. The van der Waals surface area contributed by atoms with Gasteiger partial charge in [-0.1, -0.05) is 30.3 Å². The molecule has 2 aromatic carbocycles. The van der Waals surface area contributed by atoms with Crippen LogP contribution in [0, 0.1) is 5.82 Å². The molecule has 1 N–H and O–H groups in total. The molecule has 2 unspecified atom stereocenters. The van der Waals surface area contributed by atoms with Crippen molar-refractivity contribution in [3.05, 3.63) is 69.4 Å². The van der Waals surface area contributed by atoms with Crippen LogP contribution in [0.5, 0.6) is 0 Å². The van der Waals surface area contributed by atoms with Gasteiger partial charge in [-0.25, -0.2) is 4.39 Å². The maximum Gasteiger partial charge on any atom is 0.253 e. The first-order valence-electron chi connectivity index (χ1n) is 6.54. The summed E-state index contributed by atoms with van der Waals surface area (Å²) in [6.07, 6.45) is 0.715. The molecule has 1 amide bonds. The van der Waals surface area contributed by atoms with E-state index in [4.69, 9.17) is 11.6 Å². The maximum atomic E-state index is 13.5. The Bertz CT molecular complexity index is 706. The first-order chi connectivity index (χ1) is 10.1. The van der Waals surface area contributed by atoms with E-state index in [0.717, 1.165) is 11.1 Å². The zero-order valence-corrected chi connectivity index (χ0v) is 13.3. The van der Waals surface area contributed by atoms with E-state index in [0.29, 0.717) is 6.42 Å². The van der Waals surface area contributed by atoms with Gasteiger partial charge in [-0.15, -0.1) is 11.6 Å². The summed E-state index contributed by atoms with van der Waals surface area (Å²) in [4.78, 5) is 12.4. The van der Waals surface area contributed by atoms with Crippen LogP contribution in [0.25, 0.3) is 0 Å². The number of nitrogens with one attached hydrogen (secondary N) is 1. The van der Waals surface area contributed by atoms with Crippen LogP contribution >= 0.6 is 27.5 Å². The number of alkyl halides is 1. The second-order valence-corrected chi connectivity index (χ2v) is 6.33. The Morgan fingerprint density at radius 3 is 2.81 bits per heavy atom. The molecular weight excluding hydrogens is 357 g/mol. The van der Waals surface area contributed by atoms with Crippen LogP contribution in [0.4, 0.5) is 4.39 Å². The monoisotopic (exact) mass is 367 g/mol. The van der Waals surface area contributed by atoms with E-state index in [2.05, 4.69) is 21.2 Å². The minimum atomic E-state index is -0.461. The number of rotatable bonds is 2. The summed E-state index contributed by atoms with van der Waals surface area (Å²) >= 11 is 9.45. The lowest BCUT2D eigenvalue weighted by molar-refractivity contribution is 0.0936. The van der Waals surface area contributed by atoms with E-state index in [9.17, 15) is 9.18 Å². The summed E-state index contributed by atoms with van der Waals surface area (Å²) in [6, 6.07) is 12.0. The quantitative estimate of drug-likeness (QED) is 0.790. The number of fused-ring (bicyclic) bond motifs is 1. The first kappa shape index (κ1) is 14.5. The SMILES string of the molecule is O=C(NC1c2ccccc2CC1Cl)c1cccc(F)c1Br. The van der Waals surface area contributed by atoms with E-state index < -0.39 is 5.82 Å². The Kier molecular flexibility index (Phi) is 4.00. The molecule has 0 bridgehead atoms. The van der Waals surface area contributed by atoms with Gasteiger partial charge >= 0.3 is 0 Å². The molecule has 0 radical (unpaired) electrons. The van der Waals surface area contributed by atoms with Crippen LogP contribution in [-0.2, 0) is 6.42 Å². The van der Waals surface area contributed by atoms with Crippen molar-refractivity contribution >= 4 is 33.4 Å². The van der Waals surface area contributed by atoms with Crippen LogP contribution in [0.1, 0.15) is 27.5 Å². The highest BCUT2D eigenvalue weighted by atomic mass is 79.9. The second kappa shape index (κ2) is 5.78. The van der Waals surface area contributed by atoms with Gasteiger partial charge in [0.05, 0.1) is 21.5 Å². The zero-order valence-electron chi connectivity index (χ0n) is 10.9. The number of hydrogen-bond acceptors (Lipinski definition) is 1. The molecular formula is C16H12BrClFNO. The molecule has 108 valence electrons. The number of carbonyl (C=O) groups excluding carboxylic acids is 1. The first-order valence-corrected chi connectivity index (χ1v) is 7.77. The molecule has 0 saturated carbocycles. The molecule has 0 aliphatic heterocycles. The Balaban J connectivity index is 1.87. The summed E-state index contributed by atoms with van der Waals surface area (Å²) in [5.74, 6) is -0.800. The third kappa shape index (κ3) is 2.70. The fourth-order valence-electron chi connectivity index (χ4n) is 2.61. The Labute approximate surface area is 135 Å². The summed E-state index contributed by atoms with van der Waals surface area (Å²) in [7, 11) is 0. The average molecular weight is 369 g/mol. The lowest BCUT2D eigenvalue weighted by Gasteiger charge is -2.18. The van der Waals surface area contributed by atoms with Crippen molar-refractivity contribution in [2.75, 3.05) is 0 Å². The highest BCUT2D eigenvalue weighted by Gasteiger charge is 2.32. The summed E-state index contributed by atoms with van der Waals surface area (Å²) in [6.45, 7) is 0. The third-order valence-electron chi connectivity index (χ3n) is 3.65. The molecule has 2 nitrogen and oxygen atoms in total. The van der Waals surface area contributed by atoms with E-state index in [-0.39, 0.29) is 27.4 Å². The van der Waals surface area contributed by atoms with Gasteiger partial charge in [-0.05, 0) is 45.6 Å². The predicted octanol–water partition coefficient (Wildman–Crippen LogP) is 4.22. The number of hydrogen-bond donors (Lipinski definition) is 1. The van der Waals surface area contributed by atoms with E-state index in [1.54, 1.807) is 6.07 Å². The molecule has 0 saturated heterocycles. The number of halogens is 3. The smallest absolute Gasteiger partial charge is 0.253 e. The van der Waals surface area contributed by atoms with Gasteiger partial charge < -0.3 is 5.32 Å². The predicted molar refractivity (Wildman–Crippen MR) is 84.1 cm³/mol. The van der Waals surface area contributed by atoms with Crippen LogP contribution in [0.2, 0.25) is 0 Å². The van der Waals surface area contributed by atoms with Crippen molar-refractivity contribution in [2.24, 2.45) is 0 Å². The number of amides is 1. The molecule has 1 aliphatic rings. The van der Waals surface area contributed by atoms with Crippen LogP contribution < -0.4 is 5.32 Å². The Hall–Kier alpha value is -1.39. The Morgan fingerprint density at radius 2 is 2.00 bits per heavy atom. The van der Waals surface area contributed by atoms with Crippen LogP contribution in [0.3, 0.4) is 0 Å². The van der Waals surface area contributed by atoms with Crippen molar-refractivity contribution in [2.45, 2.75) is 17.8 Å². The standard InChI is InChI=1S/C16H12BrClFNO/c17-14-11(6-3-7-13(14)19)16(21)20-15-10-5-2-1-4-9(10)8-12(15)18/h1-7,12,15H,8H2,(H,20,21). The van der Waals surface area contributed by atoms with Gasteiger partial charge in [0.25, 0.3) is 5.91 Å². The van der Waals surface area contributed by atoms with Crippen molar-refractivity contribution in [1.82, 2.24) is 5.32 Å². The van der Waals surface area contributed by atoms with Crippen molar-refractivity contribution in [1.29, 1.82) is 0 Å². The van der Waals surface area contributed by atoms with Gasteiger partial charge in [0.15, 0.2) is 0 Å². The van der Waals surface area contributed by atoms with Gasteiger partial charge in [0.1, 0.15) is 5.82 Å². The molecule has 2 atom stereocenters. The zero-order chi connectivity index (χ0) is 15.0. The van der Waals surface area contributed by atoms with Gasteiger partial charge in [0.2, 0.25) is 0 Å². The van der Waals surface area contributed by atoms with Gasteiger partial charge in [-0.3, -0.25) is 4.79 Å². The van der Waals surface area contributed by atoms with Crippen molar-refractivity contribution in [3.8, 4) is 0 Å². The lowest BCUT2D eigenvalue weighted by atomic mass is 10.1. The van der Waals surface area contributed by atoms with Crippen molar-refractivity contribution in [3.63, 3.8) is 0 Å². The van der Waals surface area contributed by atoms with Gasteiger partial charge in [-0.2, -0.15) is 0 Å². The highest BCUT2D eigenvalue weighted by Crippen LogP contribution is 2.35. The van der Waals surface area contributed by atoms with E-state index >= 15 is 0 Å². The molecule has 3 rings (SSSR count). The maximum absolute atomic E-state index is 13.5. The number of carbonyl (C=O) groups is 1. The van der Waals surface area contributed by atoms with Crippen LogP contribution in [0.15, 0.2) is 46.9 Å². The summed E-state index contributed by atoms with van der Waals surface area (Å²) in [5.41, 5.74) is 2.43. The van der Waals surface area contributed by atoms with E-state index in [1.807, 2.05) is 24.3 Å². The average Bonchev–Trinajstić information content (AvgIpc) is 2.78. The molecule has 0 fully saturated rings. The summed E-state index contributed by atoms with van der Waals surface area (Å²) in [5, 5.41) is 2.71. The van der Waals surface area contributed by atoms with E-state index in [1.165, 1.54) is 12.1 Å². The Morgan fingerprint density at radius 1 is 1.24 bits per heavy atom. The second-order valence-electron chi connectivity index (χ2n) is 4.97. The molecule has 1 aliphatic carbocycles. The van der Waals surface area contributed by atoms with Gasteiger partial charge in [0, 0.05) is 0 Å². The normalized spacial score (nSPS) is 20.1.